The average molecular weight is 271 g/mol. The molecule has 1 atom stereocenters. The molecule has 20 heavy (non-hydrogen) atoms. The van der Waals surface area contributed by atoms with Gasteiger partial charge in [0.2, 0.25) is 0 Å². The number of pyridine rings is 1. The van der Waals surface area contributed by atoms with E-state index in [0.29, 0.717) is 6.54 Å². The third-order valence-corrected chi connectivity index (χ3v) is 2.88. The SMILES string of the molecule is COC(=O)[C@@H](N)CN(c1ccccc1)c1ccccn1. The van der Waals surface area contributed by atoms with E-state index in [1.807, 2.05) is 53.4 Å². The predicted octanol–water partition coefficient (Wildman–Crippen LogP) is 1.72. The summed E-state index contributed by atoms with van der Waals surface area (Å²) in [5.41, 5.74) is 6.78. The number of ether oxygens (including phenoxy) is 1. The summed E-state index contributed by atoms with van der Waals surface area (Å²) in [5, 5.41) is 0. The topological polar surface area (TPSA) is 68.5 Å². The summed E-state index contributed by atoms with van der Waals surface area (Å²) in [7, 11) is 1.33. The number of benzene rings is 1. The lowest BCUT2D eigenvalue weighted by atomic mass is 10.2. The smallest absolute Gasteiger partial charge is 0.324 e. The maximum Gasteiger partial charge on any atom is 0.324 e. The van der Waals surface area contributed by atoms with E-state index in [1.54, 1.807) is 6.20 Å². The van der Waals surface area contributed by atoms with Crippen LogP contribution in [0.2, 0.25) is 0 Å². The van der Waals surface area contributed by atoms with Gasteiger partial charge >= 0.3 is 5.97 Å². The second-order valence-corrected chi connectivity index (χ2v) is 4.26. The van der Waals surface area contributed by atoms with Gasteiger partial charge < -0.3 is 15.4 Å². The Balaban J connectivity index is 2.28. The van der Waals surface area contributed by atoms with Crippen LogP contribution in [-0.2, 0) is 9.53 Å². The van der Waals surface area contributed by atoms with Gasteiger partial charge in [-0.3, -0.25) is 4.79 Å². The number of nitrogens with two attached hydrogens (primary N) is 1. The van der Waals surface area contributed by atoms with Crippen LogP contribution in [0, 0.1) is 0 Å². The molecule has 0 aliphatic carbocycles. The third-order valence-electron chi connectivity index (χ3n) is 2.88. The Bertz CT molecular complexity index is 506. The molecule has 0 fully saturated rings. The van der Waals surface area contributed by atoms with Gasteiger partial charge in [-0.2, -0.15) is 0 Å². The number of aromatic nitrogens is 1. The first-order valence-corrected chi connectivity index (χ1v) is 6.29. The highest BCUT2D eigenvalue weighted by molar-refractivity contribution is 5.77. The number of rotatable bonds is 5. The number of carbonyl (C=O) groups excluding carboxylic acids is 1. The minimum Gasteiger partial charge on any atom is -0.468 e. The van der Waals surface area contributed by atoms with Crippen LogP contribution < -0.4 is 10.6 Å². The zero-order valence-electron chi connectivity index (χ0n) is 11.3. The van der Waals surface area contributed by atoms with Crippen LogP contribution in [0.5, 0.6) is 0 Å². The van der Waals surface area contributed by atoms with Crippen molar-refractivity contribution in [1.82, 2.24) is 4.98 Å². The van der Waals surface area contributed by atoms with Crippen molar-refractivity contribution in [3.8, 4) is 0 Å². The molecule has 0 saturated carbocycles. The van der Waals surface area contributed by atoms with Gasteiger partial charge in [-0.1, -0.05) is 24.3 Å². The van der Waals surface area contributed by atoms with E-state index in [2.05, 4.69) is 9.72 Å². The van der Waals surface area contributed by atoms with E-state index < -0.39 is 12.0 Å². The van der Waals surface area contributed by atoms with Crippen molar-refractivity contribution in [3.05, 3.63) is 54.7 Å². The zero-order valence-corrected chi connectivity index (χ0v) is 11.3. The quantitative estimate of drug-likeness (QED) is 0.839. The van der Waals surface area contributed by atoms with Crippen LogP contribution in [-0.4, -0.2) is 30.6 Å². The van der Waals surface area contributed by atoms with E-state index in [1.165, 1.54) is 7.11 Å². The van der Waals surface area contributed by atoms with Gasteiger partial charge in [0.1, 0.15) is 11.9 Å². The minimum atomic E-state index is -0.734. The number of esters is 1. The molecule has 104 valence electrons. The van der Waals surface area contributed by atoms with E-state index in [9.17, 15) is 4.79 Å². The van der Waals surface area contributed by atoms with Gasteiger partial charge in [-0.25, -0.2) is 4.98 Å². The summed E-state index contributed by atoms with van der Waals surface area (Å²) in [6.07, 6.45) is 1.70. The normalized spacial score (nSPS) is 11.7. The molecule has 0 unspecified atom stereocenters. The van der Waals surface area contributed by atoms with Gasteiger partial charge in [0.15, 0.2) is 0 Å². The van der Waals surface area contributed by atoms with Crippen LogP contribution in [0.1, 0.15) is 0 Å². The van der Waals surface area contributed by atoms with Crippen molar-refractivity contribution in [2.75, 3.05) is 18.6 Å². The Morgan fingerprint density at radius 2 is 1.95 bits per heavy atom. The van der Waals surface area contributed by atoms with Crippen molar-refractivity contribution < 1.29 is 9.53 Å². The molecule has 2 aromatic rings. The Kier molecular flexibility index (Phi) is 4.68. The van der Waals surface area contributed by atoms with Crippen LogP contribution in [0.4, 0.5) is 11.5 Å². The Morgan fingerprint density at radius 3 is 2.55 bits per heavy atom. The van der Waals surface area contributed by atoms with E-state index >= 15 is 0 Å². The lowest BCUT2D eigenvalue weighted by Crippen LogP contribution is -2.42. The molecule has 5 heteroatoms. The third kappa shape index (κ3) is 3.33. The molecule has 1 heterocycles. The molecule has 0 amide bonds. The Hall–Kier alpha value is -2.40. The first-order chi connectivity index (χ1) is 9.72. The summed E-state index contributed by atoms with van der Waals surface area (Å²) in [6, 6.07) is 14.5. The molecule has 2 rings (SSSR count). The number of para-hydroxylation sites is 1. The van der Waals surface area contributed by atoms with Crippen molar-refractivity contribution in [1.29, 1.82) is 0 Å². The second kappa shape index (κ2) is 6.68. The zero-order chi connectivity index (χ0) is 14.4. The fourth-order valence-electron chi connectivity index (χ4n) is 1.88. The van der Waals surface area contributed by atoms with E-state index in [-0.39, 0.29) is 0 Å². The Labute approximate surface area is 118 Å². The van der Waals surface area contributed by atoms with Gasteiger partial charge in [-0.15, -0.1) is 0 Å². The molecule has 0 spiro atoms. The monoisotopic (exact) mass is 271 g/mol. The van der Waals surface area contributed by atoms with Crippen molar-refractivity contribution in [3.63, 3.8) is 0 Å². The molecule has 1 aromatic heterocycles. The highest BCUT2D eigenvalue weighted by Gasteiger charge is 2.20. The van der Waals surface area contributed by atoms with E-state index in [4.69, 9.17) is 5.73 Å². The van der Waals surface area contributed by atoms with Crippen molar-refractivity contribution in [2.24, 2.45) is 5.73 Å². The van der Waals surface area contributed by atoms with Gasteiger partial charge in [-0.05, 0) is 24.3 Å². The molecule has 2 N–H and O–H groups in total. The summed E-state index contributed by atoms with van der Waals surface area (Å²) < 4.78 is 4.67. The fourth-order valence-corrected chi connectivity index (χ4v) is 1.88. The first-order valence-electron chi connectivity index (χ1n) is 6.29. The minimum absolute atomic E-state index is 0.299. The molecule has 0 bridgehead atoms. The predicted molar refractivity (Wildman–Crippen MR) is 77.7 cm³/mol. The first kappa shape index (κ1) is 14.0. The number of hydrogen-bond acceptors (Lipinski definition) is 5. The molecule has 0 aliphatic rings. The average Bonchev–Trinajstić information content (AvgIpc) is 2.53. The van der Waals surface area contributed by atoms with Crippen LogP contribution in [0.15, 0.2) is 54.7 Å². The highest BCUT2D eigenvalue weighted by atomic mass is 16.5. The van der Waals surface area contributed by atoms with Gasteiger partial charge in [0, 0.05) is 11.9 Å². The summed E-state index contributed by atoms with van der Waals surface area (Å²) in [4.78, 5) is 17.7. The number of methoxy groups -OCH3 is 1. The molecule has 0 radical (unpaired) electrons. The summed E-state index contributed by atoms with van der Waals surface area (Å²) in [5.74, 6) is 0.292. The van der Waals surface area contributed by atoms with Crippen molar-refractivity contribution >= 4 is 17.5 Å². The molecule has 5 nitrogen and oxygen atoms in total. The van der Waals surface area contributed by atoms with Gasteiger partial charge in [0.25, 0.3) is 0 Å². The van der Waals surface area contributed by atoms with Crippen molar-refractivity contribution in [2.45, 2.75) is 6.04 Å². The second-order valence-electron chi connectivity index (χ2n) is 4.26. The highest BCUT2D eigenvalue weighted by Crippen LogP contribution is 2.22. The number of nitrogens with zero attached hydrogens (tertiary/aromatic N) is 2. The maximum absolute atomic E-state index is 11.5. The summed E-state index contributed by atoms with van der Waals surface area (Å²) in [6.45, 7) is 0.299. The Morgan fingerprint density at radius 1 is 1.25 bits per heavy atom. The fraction of sp³-hybridized carbons (Fsp3) is 0.200. The number of hydrogen-bond donors (Lipinski definition) is 1. The van der Waals surface area contributed by atoms with E-state index in [0.717, 1.165) is 11.5 Å². The molecular weight excluding hydrogens is 254 g/mol. The van der Waals surface area contributed by atoms with Crippen LogP contribution in [0.3, 0.4) is 0 Å². The van der Waals surface area contributed by atoms with Crippen LogP contribution in [0.25, 0.3) is 0 Å². The lowest BCUT2D eigenvalue weighted by Gasteiger charge is -2.25. The number of carbonyl (C=O) groups is 1. The standard InChI is InChI=1S/C15H17N3O2/c1-20-15(19)13(16)11-18(12-7-3-2-4-8-12)14-9-5-6-10-17-14/h2-10,13H,11,16H2,1H3/t13-/m0/s1. The molecule has 0 aliphatic heterocycles. The molecule has 0 saturated heterocycles. The lowest BCUT2D eigenvalue weighted by molar-refractivity contribution is -0.141. The molecular formula is C15H17N3O2. The van der Waals surface area contributed by atoms with Gasteiger partial charge in [0.05, 0.1) is 13.7 Å². The largest absolute Gasteiger partial charge is 0.468 e. The van der Waals surface area contributed by atoms with Crippen LogP contribution >= 0.6 is 0 Å². The summed E-state index contributed by atoms with van der Waals surface area (Å²) >= 11 is 0. The maximum atomic E-state index is 11.5. The number of anilines is 2. The molecule has 1 aromatic carbocycles.